The van der Waals surface area contributed by atoms with Crippen LogP contribution in [0.5, 0.6) is 0 Å². The average molecular weight is 221 g/mol. The van der Waals surface area contributed by atoms with Crippen molar-refractivity contribution < 1.29 is 14.7 Å². The first-order valence-corrected chi connectivity index (χ1v) is 5.02. The van der Waals surface area contributed by atoms with Gasteiger partial charge >= 0.3 is 5.97 Å². The Morgan fingerprint density at radius 1 is 1.62 bits per heavy atom. The molecule has 0 aromatic carbocycles. The second-order valence-electron chi connectivity index (χ2n) is 3.69. The molecule has 84 valence electrons. The summed E-state index contributed by atoms with van der Waals surface area (Å²) < 4.78 is 0. The van der Waals surface area contributed by atoms with Gasteiger partial charge in [0, 0.05) is 12.3 Å². The van der Waals surface area contributed by atoms with Crippen molar-refractivity contribution in [3.05, 3.63) is 17.5 Å². The largest absolute Gasteiger partial charge is 0.476 e. The van der Waals surface area contributed by atoms with Gasteiger partial charge in [0.2, 0.25) is 5.91 Å². The number of hydrogen-bond acceptors (Lipinski definition) is 4. The Bertz CT molecular complexity index is 459. The number of carbonyl (C=O) groups is 2. The molecule has 2 rings (SSSR count). The van der Waals surface area contributed by atoms with Crippen LogP contribution >= 0.6 is 0 Å². The van der Waals surface area contributed by atoms with Crippen molar-refractivity contribution >= 4 is 17.6 Å². The lowest BCUT2D eigenvalue weighted by Gasteiger charge is -2.22. The molecule has 0 saturated carbocycles. The van der Waals surface area contributed by atoms with Gasteiger partial charge in [-0.15, -0.1) is 5.10 Å². The molecule has 6 heteroatoms. The van der Waals surface area contributed by atoms with Gasteiger partial charge in [-0.3, -0.25) is 4.79 Å². The fourth-order valence-corrected chi connectivity index (χ4v) is 1.67. The van der Waals surface area contributed by atoms with Gasteiger partial charge < -0.3 is 10.4 Å². The van der Waals surface area contributed by atoms with Gasteiger partial charge in [0.25, 0.3) is 0 Å². The van der Waals surface area contributed by atoms with Gasteiger partial charge in [0.1, 0.15) is 0 Å². The number of carboxylic acid groups (broad SMARTS) is 1. The minimum absolute atomic E-state index is 0.0839. The lowest BCUT2D eigenvalue weighted by atomic mass is 9.95. The monoisotopic (exact) mass is 221 g/mol. The molecule has 1 aromatic rings. The van der Waals surface area contributed by atoms with E-state index in [0.29, 0.717) is 17.8 Å². The summed E-state index contributed by atoms with van der Waals surface area (Å²) in [5.74, 6) is -1.33. The first kappa shape index (κ1) is 10.5. The maximum absolute atomic E-state index is 11.6. The second kappa shape index (κ2) is 3.88. The molecule has 0 radical (unpaired) electrons. The molecule has 6 nitrogen and oxygen atoms in total. The standard InChI is InChI=1S/C10H11N3O3/c1-2-5-3-7-6(11-9(5)14)4-8(10(15)16)13-12-7/h4-5H,2-3H2,1H3,(H,11,14)(H,15,16). The molecule has 2 N–H and O–H groups in total. The van der Waals surface area contributed by atoms with Gasteiger partial charge in [-0.25, -0.2) is 4.79 Å². The Morgan fingerprint density at radius 3 is 3.00 bits per heavy atom. The smallest absolute Gasteiger partial charge is 0.356 e. The number of amides is 1. The highest BCUT2D eigenvalue weighted by atomic mass is 16.4. The Labute approximate surface area is 91.7 Å². The summed E-state index contributed by atoms with van der Waals surface area (Å²) in [5, 5.41) is 18.8. The third kappa shape index (κ3) is 1.73. The molecule has 1 amide bonds. The van der Waals surface area contributed by atoms with E-state index in [0.717, 1.165) is 6.42 Å². The SMILES string of the molecule is CCC1Cc2nnc(C(=O)O)cc2NC1=O. The molecule has 1 aliphatic rings. The van der Waals surface area contributed by atoms with Gasteiger partial charge in [-0.1, -0.05) is 6.92 Å². The van der Waals surface area contributed by atoms with E-state index in [1.54, 1.807) is 0 Å². The maximum Gasteiger partial charge on any atom is 0.356 e. The van der Waals surface area contributed by atoms with Crippen LogP contribution in [0.4, 0.5) is 5.69 Å². The lowest BCUT2D eigenvalue weighted by Crippen LogP contribution is -2.30. The third-order valence-electron chi connectivity index (χ3n) is 2.65. The Kier molecular flexibility index (Phi) is 2.55. The van der Waals surface area contributed by atoms with Crippen molar-refractivity contribution in [3.63, 3.8) is 0 Å². The number of anilines is 1. The number of aromatic carboxylic acids is 1. The van der Waals surface area contributed by atoms with E-state index < -0.39 is 5.97 Å². The normalized spacial score (nSPS) is 18.8. The Morgan fingerprint density at radius 2 is 2.38 bits per heavy atom. The minimum Gasteiger partial charge on any atom is -0.476 e. The summed E-state index contributed by atoms with van der Waals surface area (Å²) in [6.45, 7) is 1.92. The molecule has 1 unspecified atom stereocenters. The summed E-state index contributed by atoms with van der Waals surface area (Å²) >= 11 is 0. The van der Waals surface area contributed by atoms with Crippen LogP contribution in [0.25, 0.3) is 0 Å². The Balaban J connectivity index is 2.36. The van der Waals surface area contributed by atoms with Crippen LogP contribution in [-0.2, 0) is 11.2 Å². The summed E-state index contributed by atoms with van der Waals surface area (Å²) in [4.78, 5) is 22.2. The van der Waals surface area contributed by atoms with Crippen LogP contribution in [0.1, 0.15) is 29.5 Å². The molecule has 2 heterocycles. The van der Waals surface area contributed by atoms with Crippen molar-refractivity contribution in [2.24, 2.45) is 5.92 Å². The molecule has 0 aliphatic carbocycles. The van der Waals surface area contributed by atoms with Crippen molar-refractivity contribution in [1.29, 1.82) is 0 Å². The van der Waals surface area contributed by atoms with Crippen molar-refractivity contribution in [3.8, 4) is 0 Å². The molecule has 0 spiro atoms. The first-order chi connectivity index (χ1) is 7.61. The molecule has 0 saturated heterocycles. The predicted molar refractivity (Wildman–Crippen MR) is 55.1 cm³/mol. The molecule has 0 bridgehead atoms. The summed E-state index contributed by atoms with van der Waals surface area (Å²) in [6.07, 6.45) is 1.25. The summed E-state index contributed by atoms with van der Waals surface area (Å²) in [6, 6.07) is 1.34. The van der Waals surface area contributed by atoms with E-state index in [1.807, 2.05) is 6.92 Å². The number of fused-ring (bicyclic) bond motifs is 1. The topological polar surface area (TPSA) is 92.2 Å². The Hall–Kier alpha value is -1.98. The first-order valence-electron chi connectivity index (χ1n) is 5.02. The molecular weight excluding hydrogens is 210 g/mol. The molecule has 1 aliphatic heterocycles. The predicted octanol–water partition coefficient (Wildman–Crippen LogP) is 0.696. The number of aromatic nitrogens is 2. The van der Waals surface area contributed by atoms with Crippen LogP contribution in [0, 0.1) is 5.92 Å². The lowest BCUT2D eigenvalue weighted by molar-refractivity contribution is -0.120. The number of rotatable bonds is 2. The second-order valence-corrected chi connectivity index (χ2v) is 3.69. The van der Waals surface area contributed by atoms with E-state index in [-0.39, 0.29) is 17.5 Å². The minimum atomic E-state index is -1.15. The zero-order valence-corrected chi connectivity index (χ0v) is 8.73. The fourth-order valence-electron chi connectivity index (χ4n) is 1.67. The summed E-state index contributed by atoms with van der Waals surface area (Å²) in [7, 11) is 0. The molecule has 0 fully saturated rings. The third-order valence-corrected chi connectivity index (χ3v) is 2.65. The van der Waals surface area contributed by atoms with E-state index in [9.17, 15) is 9.59 Å². The molecule has 1 atom stereocenters. The summed E-state index contributed by atoms with van der Waals surface area (Å²) in [5.41, 5.74) is 0.951. The number of nitrogens with one attached hydrogen (secondary N) is 1. The van der Waals surface area contributed by atoms with Gasteiger partial charge in [0.15, 0.2) is 5.69 Å². The van der Waals surface area contributed by atoms with Crippen molar-refractivity contribution in [2.75, 3.05) is 5.32 Å². The highest BCUT2D eigenvalue weighted by Crippen LogP contribution is 2.25. The van der Waals surface area contributed by atoms with Gasteiger partial charge in [-0.05, 0) is 12.5 Å². The zero-order chi connectivity index (χ0) is 11.7. The fraction of sp³-hybridized carbons (Fsp3) is 0.400. The van der Waals surface area contributed by atoms with Crippen LogP contribution in [0.2, 0.25) is 0 Å². The van der Waals surface area contributed by atoms with E-state index in [4.69, 9.17) is 5.11 Å². The van der Waals surface area contributed by atoms with Crippen LogP contribution in [0.3, 0.4) is 0 Å². The van der Waals surface area contributed by atoms with E-state index >= 15 is 0 Å². The van der Waals surface area contributed by atoms with E-state index in [1.165, 1.54) is 6.07 Å². The highest BCUT2D eigenvalue weighted by Gasteiger charge is 2.26. The van der Waals surface area contributed by atoms with Crippen molar-refractivity contribution in [1.82, 2.24) is 10.2 Å². The number of carbonyl (C=O) groups excluding carboxylic acids is 1. The quantitative estimate of drug-likeness (QED) is 0.766. The van der Waals surface area contributed by atoms with Gasteiger partial charge in [0.05, 0.1) is 11.4 Å². The maximum atomic E-state index is 11.6. The number of hydrogen-bond donors (Lipinski definition) is 2. The highest BCUT2D eigenvalue weighted by molar-refractivity contribution is 5.96. The number of nitrogens with zero attached hydrogens (tertiary/aromatic N) is 2. The van der Waals surface area contributed by atoms with Crippen LogP contribution in [-0.4, -0.2) is 27.2 Å². The van der Waals surface area contributed by atoms with E-state index in [2.05, 4.69) is 15.5 Å². The van der Waals surface area contributed by atoms with Crippen LogP contribution < -0.4 is 5.32 Å². The zero-order valence-electron chi connectivity index (χ0n) is 8.73. The van der Waals surface area contributed by atoms with Crippen LogP contribution in [0.15, 0.2) is 6.07 Å². The average Bonchev–Trinajstić information content (AvgIpc) is 2.27. The molecular formula is C10H11N3O3. The molecule has 16 heavy (non-hydrogen) atoms. The number of carboxylic acids is 1. The van der Waals surface area contributed by atoms with Gasteiger partial charge in [-0.2, -0.15) is 5.10 Å². The molecule has 1 aromatic heterocycles. The van der Waals surface area contributed by atoms with Crippen molar-refractivity contribution in [2.45, 2.75) is 19.8 Å².